The van der Waals surface area contributed by atoms with E-state index in [4.69, 9.17) is 10.5 Å². The van der Waals surface area contributed by atoms with Crippen LogP contribution in [0.4, 0.5) is 11.4 Å². The van der Waals surface area contributed by atoms with Crippen LogP contribution in [-0.2, 0) is 0 Å². The Bertz CT molecular complexity index is 438. The van der Waals surface area contributed by atoms with E-state index in [1.807, 2.05) is 12.1 Å². The molecule has 0 atom stereocenters. The van der Waals surface area contributed by atoms with Crippen LogP contribution in [0.15, 0.2) is 18.2 Å². The number of anilines is 2. The largest absolute Gasteiger partial charge is 0.495 e. The molecule has 0 aromatic heterocycles. The summed E-state index contributed by atoms with van der Waals surface area (Å²) in [6.45, 7) is 2.31. The average molecular weight is 246 g/mol. The Morgan fingerprint density at radius 1 is 1.22 bits per heavy atom. The number of nitrogen functional groups attached to an aromatic ring is 1. The monoisotopic (exact) mass is 246 g/mol. The van der Waals surface area contributed by atoms with Crippen LogP contribution in [0.1, 0.15) is 32.1 Å². The summed E-state index contributed by atoms with van der Waals surface area (Å²) < 4.78 is 5.31. The fourth-order valence-electron chi connectivity index (χ4n) is 3.66. The Morgan fingerprint density at radius 3 is 2.72 bits per heavy atom. The van der Waals surface area contributed by atoms with Crippen molar-refractivity contribution < 1.29 is 4.74 Å². The van der Waals surface area contributed by atoms with Gasteiger partial charge in [-0.05, 0) is 36.8 Å². The Kier molecular flexibility index (Phi) is 2.84. The first-order valence-corrected chi connectivity index (χ1v) is 6.92. The molecule has 1 saturated heterocycles. The van der Waals surface area contributed by atoms with Crippen molar-refractivity contribution >= 4 is 11.4 Å². The van der Waals surface area contributed by atoms with Gasteiger partial charge in [-0.1, -0.05) is 18.9 Å². The summed E-state index contributed by atoms with van der Waals surface area (Å²) in [5.74, 6) is 0.792. The molecule has 0 unspecified atom stereocenters. The summed E-state index contributed by atoms with van der Waals surface area (Å²) in [5.41, 5.74) is 8.71. The number of ether oxygens (including phenoxy) is 1. The number of hydrogen-bond acceptors (Lipinski definition) is 3. The van der Waals surface area contributed by atoms with Crippen LogP contribution in [0.3, 0.4) is 0 Å². The minimum atomic E-state index is 0.579. The quantitative estimate of drug-likeness (QED) is 0.815. The number of nitrogens with two attached hydrogens (primary N) is 1. The van der Waals surface area contributed by atoms with Gasteiger partial charge in [-0.2, -0.15) is 0 Å². The summed E-state index contributed by atoms with van der Waals surface area (Å²) in [7, 11) is 1.68. The topological polar surface area (TPSA) is 38.5 Å². The van der Waals surface area contributed by atoms with Crippen molar-refractivity contribution in [2.45, 2.75) is 32.1 Å². The van der Waals surface area contributed by atoms with E-state index in [9.17, 15) is 0 Å². The van der Waals surface area contributed by atoms with Gasteiger partial charge >= 0.3 is 0 Å². The van der Waals surface area contributed by atoms with Crippen molar-refractivity contribution in [1.82, 2.24) is 0 Å². The highest BCUT2D eigenvalue weighted by Crippen LogP contribution is 2.47. The van der Waals surface area contributed by atoms with Gasteiger partial charge in [-0.3, -0.25) is 0 Å². The SMILES string of the molecule is COc1cccc(N2CCC3(CCCC3)C2)c1N. The molecule has 1 aromatic carbocycles. The normalized spacial score (nSPS) is 21.7. The van der Waals surface area contributed by atoms with Crippen molar-refractivity contribution in [2.75, 3.05) is 30.8 Å². The van der Waals surface area contributed by atoms with Crippen LogP contribution < -0.4 is 15.4 Å². The maximum atomic E-state index is 6.19. The molecule has 1 aliphatic heterocycles. The lowest BCUT2D eigenvalue weighted by atomic mass is 9.86. The molecule has 3 rings (SSSR count). The molecule has 2 aliphatic rings. The van der Waals surface area contributed by atoms with E-state index in [0.717, 1.165) is 23.7 Å². The molecule has 1 aliphatic carbocycles. The van der Waals surface area contributed by atoms with Crippen molar-refractivity contribution in [3.63, 3.8) is 0 Å². The summed E-state index contributed by atoms with van der Waals surface area (Å²) in [5, 5.41) is 0. The van der Waals surface area contributed by atoms with Gasteiger partial charge in [0.05, 0.1) is 18.5 Å². The predicted molar refractivity (Wildman–Crippen MR) is 75.1 cm³/mol. The third-order valence-corrected chi connectivity index (χ3v) is 4.71. The standard InChI is InChI=1S/C15H22N2O/c1-18-13-6-4-5-12(14(13)16)17-10-9-15(11-17)7-2-3-8-15/h4-6H,2-3,7-11,16H2,1H3. The van der Waals surface area contributed by atoms with E-state index in [2.05, 4.69) is 11.0 Å². The Labute approximate surface area is 109 Å². The second kappa shape index (κ2) is 4.38. The molecule has 3 nitrogen and oxygen atoms in total. The average Bonchev–Trinajstić information content (AvgIpc) is 3.01. The number of nitrogens with zero attached hydrogens (tertiary/aromatic N) is 1. The number of benzene rings is 1. The molecule has 1 heterocycles. The first-order chi connectivity index (χ1) is 8.74. The van der Waals surface area contributed by atoms with Crippen molar-refractivity contribution in [1.29, 1.82) is 0 Å². The van der Waals surface area contributed by atoms with Crippen LogP contribution in [0.5, 0.6) is 5.75 Å². The van der Waals surface area contributed by atoms with E-state index >= 15 is 0 Å². The highest BCUT2D eigenvalue weighted by Gasteiger charge is 2.40. The summed E-state index contributed by atoms with van der Waals surface area (Å²) in [4.78, 5) is 2.45. The summed E-state index contributed by atoms with van der Waals surface area (Å²) in [6, 6.07) is 6.08. The molecule has 0 amide bonds. The number of para-hydroxylation sites is 1. The van der Waals surface area contributed by atoms with E-state index in [0.29, 0.717) is 5.41 Å². The second-order valence-corrected chi connectivity index (χ2v) is 5.77. The van der Waals surface area contributed by atoms with Crippen molar-refractivity contribution in [2.24, 2.45) is 5.41 Å². The maximum absolute atomic E-state index is 6.19. The molecule has 0 radical (unpaired) electrons. The fraction of sp³-hybridized carbons (Fsp3) is 0.600. The number of hydrogen-bond donors (Lipinski definition) is 1. The molecule has 2 N–H and O–H groups in total. The van der Waals surface area contributed by atoms with Gasteiger partial charge < -0.3 is 15.4 Å². The lowest BCUT2D eigenvalue weighted by molar-refractivity contribution is 0.341. The molecule has 1 saturated carbocycles. The van der Waals surface area contributed by atoms with Crippen LogP contribution in [0, 0.1) is 5.41 Å². The third kappa shape index (κ3) is 1.82. The van der Waals surface area contributed by atoms with Gasteiger partial charge in [0.1, 0.15) is 5.75 Å². The molecule has 98 valence electrons. The minimum Gasteiger partial charge on any atom is -0.495 e. The van der Waals surface area contributed by atoms with E-state index in [1.54, 1.807) is 7.11 Å². The van der Waals surface area contributed by atoms with E-state index in [-0.39, 0.29) is 0 Å². The Morgan fingerprint density at radius 2 is 2.00 bits per heavy atom. The predicted octanol–water partition coefficient (Wildman–Crippen LogP) is 3.05. The first kappa shape index (κ1) is 11.7. The zero-order valence-electron chi connectivity index (χ0n) is 11.1. The highest BCUT2D eigenvalue weighted by atomic mass is 16.5. The minimum absolute atomic E-state index is 0.579. The smallest absolute Gasteiger partial charge is 0.143 e. The van der Waals surface area contributed by atoms with E-state index < -0.39 is 0 Å². The molecule has 1 spiro atoms. The Balaban J connectivity index is 1.84. The highest BCUT2D eigenvalue weighted by molar-refractivity contribution is 5.74. The van der Waals surface area contributed by atoms with Gasteiger partial charge in [0.25, 0.3) is 0 Å². The van der Waals surface area contributed by atoms with Gasteiger partial charge in [0.2, 0.25) is 0 Å². The molecule has 3 heteroatoms. The lowest BCUT2D eigenvalue weighted by Gasteiger charge is -2.26. The Hall–Kier alpha value is -1.38. The molecule has 1 aromatic rings. The van der Waals surface area contributed by atoms with Gasteiger partial charge in [-0.15, -0.1) is 0 Å². The van der Waals surface area contributed by atoms with Crippen LogP contribution in [0.2, 0.25) is 0 Å². The second-order valence-electron chi connectivity index (χ2n) is 5.77. The van der Waals surface area contributed by atoms with Gasteiger partial charge in [-0.25, -0.2) is 0 Å². The van der Waals surface area contributed by atoms with Crippen LogP contribution in [0.25, 0.3) is 0 Å². The third-order valence-electron chi connectivity index (χ3n) is 4.71. The van der Waals surface area contributed by atoms with Crippen LogP contribution >= 0.6 is 0 Å². The van der Waals surface area contributed by atoms with Crippen molar-refractivity contribution in [3.05, 3.63) is 18.2 Å². The first-order valence-electron chi connectivity index (χ1n) is 6.92. The molecule has 18 heavy (non-hydrogen) atoms. The van der Waals surface area contributed by atoms with Gasteiger partial charge in [0.15, 0.2) is 0 Å². The lowest BCUT2D eigenvalue weighted by Crippen LogP contribution is -2.25. The zero-order valence-corrected chi connectivity index (χ0v) is 11.1. The van der Waals surface area contributed by atoms with Gasteiger partial charge in [0, 0.05) is 13.1 Å². The molecular weight excluding hydrogens is 224 g/mol. The van der Waals surface area contributed by atoms with Crippen molar-refractivity contribution in [3.8, 4) is 5.75 Å². The number of methoxy groups -OCH3 is 1. The molecule has 2 fully saturated rings. The zero-order chi connectivity index (χ0) is 12.6. The maximum Gasteiger partial charge on any atom is 0.143 e. The van der Waals surface area contributed by atoms with E-state index in [1.165, 1.54) is 38.6 Å². The molecular formula is C15H22N2O. The number of rotatable bonds is 2. The molecule has 0 bridgehead atoms. The fourth-order valence-corrected chi connectivity index (χ4v) is 3.66. The summed E-state index contributed by atoms with van der Waals surface area (Å²) >= 11 is 0. The van der Waals surface area contributed by atoms with Crippen LogP contribution in [-0.4, -0.2) is 20.2 Å². The summed E-state index contributed by atoms with van der Waals surface area (Å²) in [6.07, 6.45) is 6.92.